The SMILES string of the molecule is CC(C)(F)c1ccc(-c2cc3nccc(Cl)c3o2)cc1. The van der Waals surface area contributed by atoms with Crippen LogP contribution < -0.4 is 0 Å². The zero-order valence-corrected chi connectivity index (χ0v) is 11.9. The highest BCUT2D eigenvalue weighted by Crippen LogP contribution is 2.32. The number of alkyl halides is 1. The van der Waals surface area contributed by atoms with Crippen LogP contribution in [0.25, 0.3) is 22.4 Å². The Labute approximate surface area is 121 Å². The van der Waals surface area contributed by atoms with E-state index in [0.717, 1.165) is 5.56 Å². The average molecular weight is 290 g/mol. The van der Waals surface area contributed by atoms with E-state index in [2.05, 4.69) is 4.98 Å². The molecule has 0 amide bonds. The Balaban J connectivity index is 2.05. The number of hydrogen-bond donors (Lipinski definition) is 0. The lowest BCUT2D eigenvalue weighted by molar-refractivity contribution is 0.221. The van der Waals surface area contributed by atoms with E-state index in [1.165, 1.54) is 13.8 Å². The number of nitrogens with zero attached hydrogens (tertiary/aromatic N) is 1. The molecular weight excluding hydrogens is 277 g/mol. The van der Waals surface area contributed by atoms with Crippen LogP contribution in [0.4, 0.5) is 4.39 Å². The molecule has 0 spiro atoms. The molecule has 2 nitrogen and oxygen atoms in total. The first-order chi connectivity index (χ1) is 9.45. The van der Waals surface area contributed by atoms with Gasteiger partial charge in [0.15, 0.2) is 5.58 Å². The lowest BCUT2D eigenvalue weighted by Gasteiger charge is -2.14. The molecule has 1 aromatic carbocycles. The van der Waals surface area contributed by atoms with Gasteiger partial charge in [0.2, 0.25) is 0 Å². The topological polar surface area (TPSA) is 26.0 Å². The highest BCUT2D eigenvalue weighted by molar-refractivity contribution is 6.34. The molecule has 0 aliphatic rings. The van der Waals surface area contributed by atoms with Crippen molar-refractivity contribution in [1.29, 1.82) is 0 Å². The Kier molecular flexibility index (Phi) is 3.02. The second-order valence-electron chi connectivity index (χ2n) is 5.17. The number of pyridine rings is 1. The van der Waals surface area contributed by atoms with Crippen molar-refractivity contribution in [2.24, 2.45) is 0 Å². The first-order valence-electron chi connectivity index (χ1n) is 6.29. The highest BCUT2D eigenvalue weighted by Gasteiger charge is 2.18. The fourth-order valence-electron chi connectivity index (χ4n) is 2.08. The molecule has 3 aromatic rings. The Morgan fingerprint density at radius 3 is 2.45 bits per heavy atom. The van der Waals surface area contributed by atoms with Crippen LogP contribution in [-0.4, -0.2) is 4.98 Å². The third-order valence-corrected chi connectivity index (χ3v) is 3.52. The van der Waals surface area contributed by atoms with Crippen LogP contribution in [0, 0.1) is 0 Å². The molecule has 4 heteroatoms. The Morgan fingerprint density at radius 2 is 1.85 bits per heavy atom. The van der Waals surface area contributed by atoms with Crippen molar-refractivity contribution in [3.63, 3.8) is 0 Å². The lowest BCUT2D eigenvalue weighted by atomic mass is 9.98. The molecule has 0 aliphatic carbocycles. The van der Waals surface area contributed by atoms with Gasteiger partial charge in [-0.15, -0.1) is 0 Å². The molecule has 0 fully saturated rings. The van der Waals surface area contributed by atoms with Crippen molar-refractivity contribution in [3.05, 3.63) is 53.2 Å². The Hall–Kier alpha value is -1.87. The molecule has 0 saturated heterocycles. The molecule has 0 bridgehead atoms. The summed E-state index contributed by atoms with van der Waals surface area (Å²) in [6, 6.07) is 10.7. The Bertz CT molecular complexity index is 756. The molecule has 2 aromatic heterocycles. The van der Waals surface area contributed by atoms with Crippen LogP contribution in [0.3, 0.4) is 0 Å². The summed E-state index contributed by atoms with van der Waals surface area (Å²) in [5, 5.41) is 0.530. The van der Waals surface area contributed by atoms with E-state index < -0.39 is 5.67 Å². The maximum Gasteiger partial charge on any atom is 0.171 e. The third kappa shape index (κ3) is 2.29. The van der Waals surface area contributed by atoms with Crippen molar-refractivity contribution >= 4 is 22.7 Å². The van der Waals surface area contributed by atoms with Crippen molar-refractivity contribution in [3.8, 4) is 11.3 Å². The second-order valence-corrected chi connectivity index (χ2v) is 5.57. The van der Waals surface area contributed by atoms with Crippen LogP contribution in [0.5, 0.6) is 0 Å². The van der Waals surface area contributed by atoms with E-state index in [1.807, 2.05) is 18.2 Å². The number of fused-ring (bicyclic) bond motifs is 1. The normalized spacial score (nSPS) is 12.0. The third-order valence-electron chi connectivity index (χ3n) is 3.22. The van der Waals surface area contributed by atoms with Crippen molar-refractivity contribution in [2.45, 2.75) is 19.5 Å². The van der Waals surface area contributed by atoms with Gasteiger partial charge in [0.1, 0.15) is 16.9 Å². The van der Waals surface area contributed by atoms with E-state index >= 15 is 0 Å². The van der Waals surface area contributed by atoms with Crippen LogP contribution in [0.15, 0.2) is 47.0 Å². The summed E-state index contributed by atoms with van der Waals surface area (Å²) in [4.78, 5) is 4.21. The van der Waals surface area contributed by atoms with Gasteiger partial charge in [0, 0.05) is 17.8 Å². The monoisotopic (exact) mass is 289 g/mol. The van der Waals surface area contributed by atoms with E-state index in [-0.39, 0.29) is 0 Å². The smallest absolute Gasteiger partial charge is 0.171 e. The van der Waals surface area contributed by atoms with Crippen molar-refractivity contribution < 1.29 is 8.81 Å². The minimum absolute atomic E-state index is 0.530. The van der Waals surface area contributed by atoms with Gasteiger partial charge in [-0.05, 0) is 25.5 Å². The fourth-order valence-corrected chi connectivity index (χ4v) is 2.27. The average Bonchev–Trinajstić information content (AvgIpc) is 2.83. The zero-order chi connectivity index (χ0) is 14.3. The molecule has 0 unspecified atom stereocenters. The first-order valence-corrected chi connectivity index (χ1v) is 6.67. The van der Waals surface area contributed by atoms with Gasteiger partial charge >= 0.3 is 0 Å². The lowest BCUT2D eigenvalue weighted by Crippen LogP contribution is -2.08. The van der Waals surface area contributed by atoms with Gasteiger partial charge in [-0.3, -0.25) is 4.98 Å². The molecule has 2 heterocycles. The van der Waals surface area contributed by atoms with Crippen LogP contribution in [0.2, 0.25) is 5.02 Å². The van der Waals surface area contributed by atoms with Crippen molar-refractivity contribution in [1.82, 2.24) is 4.98 Å². The molecule has 0 aliphatic heterocycles. The standard InChI is InChI=1S/C16H13ClFNO/c1-16(2,18)11-5-3-10(4-6-11)14-9-13-15(20-14)12(17)7-8-19-13/h3-9H,1-2H3. The van der Waals surface area contributed by atoms with E-state index in [9.17, 15) is 4.39 Å². The molecule has 0 radical (unpaired) electrons. The zero-order valence-electron chi connectivity index (χ0n) is 11.2. The molecule has 102 valence electrons. The number of halogens is 2. The van der Waals surface area contributed by atoms with Gasteiger partial charge in [0.05, 0.1) is 5.02 Å². The Morgan fingerprint density at radius 1 is 1.15 bits per heavy atom. The van der Waals surface area contributed by atoms with Gasteiger partial charge in [-0.25, -0.2) is 4.39 Å². The minimum Gasteiger partial charge on any atom is -0.453 e. The predicted molar refractivity (Wildman–Crippen MR) is 78.6 cm³/mol. The number of rotatable bonds is 2. The van der Waals surface area contributed by atoms with Gasteiger partial charge in [0.25, 0.3) is 0 Å². The number of aromatic nitrogens is 1. The maximum atomic E-state index is 13.8. The second kappa shape index (κ2) is 4.60. The number of hydrogen-bond acceptors (Lipinski definition) is 2. The van der Waals surface area contributed by atoms with Crippen LogP contribution in [-0.2, 0) is 5.67 Å². The molecule has 0 atom stereocenters. The van der Waals surface area contributed by atoms with Gasteiger partial charge in [-0.2, -0.15) is 0 Å². The van der Waals surface area contributed by atoms with Crippen LogP contribution >= 0.6 is 11.6 Å². The molecule has 20 heavy (non-hydrogen) atoms. The van der Waals surface area contributed by atoms with E-state index in [4.69, 9.17) is 16.0 Å². The van der Waals surface area contributed by atoms with Gasteiger partial charge in [-0.1, -0.05) is 35.9 Å². The number of benzene rings is 1. The summed E-state index contributed by atoms with van der Waals surface area (Å²) in [6.07, 6.45) is 1.64. The molecule has 0 N–H and O–H groups in total. The quantitative estimate of drug-likeness (QED) is 0.635. The number of furan rings is 1. The molecule has 3 rings (SSSR count). The van der Waals surface area contributed by atoms with Crippen LogP contribution in [0.1, 0.15) is 19.4 Å². The van der Waals surface area contributed by atoms with Crippen molar-refractivity contribution in [2.75, 3.05) is 0 Å². The molecular formula is C16H13ClFNO. The summed E-state index contributed by atoms with van der Waals surface area (Å²) >= 11 is 6.06. The largest absolute Gasteiger partial charge is 0.453 e. The summed E-state index contributed by atoms with van der Waals surface area (Å²) in [5.74, 6) is 0.670. The van der Waals surface area contributed by atoms with Gasteiger partial charge < -0.3 is 4.42 Å². The minimum atomic E-state index is -1.35. The summed E-state index contributed by atoms with van der Waals surface area (Å²) in [5.41, 5.74) is 1.43. The summed E-state index contributed by atoms with van der Waals surface area (Å²) in [6.45, 7) is 3.07. The fraction of sp³-hybridized carbons (Fsp3) is 0.188. The molecule has 0 saturated carbocycles. The maximum absolute atomic E-state index is 13.8. The summed E-state index contributed by atoms with van der Waals surface area (Å²) < 4.78 is 19.5. The highest BCUT2D eigenvalue weighted by atomic mass is 35.5. The first kappa shape index (κ1) is 13.1. The van der Waals surface area contributed by atoms with E-state index in [0.29, 0.717) is 27.4 Å². The summed E-state index contributed by atoms with van der Waals surface area (Å²) in [7, 11) is 0. The van der Waals surface area contributed by atoms with E-state index in [1.54, 1.807) is 24.4 Å². The predicted octanol–water partition coefficient (Wildman–Crippen LogP) is 5.35.